The fraction of sp³-hybridized carbons (Fsp3) is 0.208. The SMILES string of the molecule is COCCOc1ccc(C(=O)Nc2ccc(S(=O)(=O)NCCc3ccccc3)cc2)cc1Br. The van der Waals surface area contributed by atoms with E-state index in [-0.39, 0.29) is 10.8 Å². The van der Waals surface area contributed by atoms with Gasteiger partial charge >= 0.3 is 0 Å². The number of nitrogens with one attached hydrogen (secondary N) is 2. The van der Waals surface area contributed by atoms with Gasteiger partial charge in [0.15, 0.2) is 0 Å². The zero-order chi connectivity index (χ0) is 23.7. The average molecular weight is 533 g/mol. The Balaban J connectivity index is 1.57. The van der Waals surface area contributed by atoms with Crippen LogP contribution >= 0.6 is 15.9 Å². The summed E-state index contributed by atoms with van der Waals surface area (Å²) in [4.78, 5) is 12.7. The lowest BCUT2D eigenvalue weighted by Crippen LogP contribution is -2.26. The van der Waals surface area contributed by atoms with Crippen LogP contribution in [0, 0.1) is 0 Å². The number of carbonyl (C=O) groups is 1. The van der Waals surface area contributed by atoms with Crippen LogP contribution in [0.1, 0.15) is 15.9 Å². The van der Waals surface area contributed by atoms with Gasteiger partial charge < -0.3 is 14.8 Å². The Hall–Kier alpha value is -2.72. The molecule has 3 rings (SSSR count). The Morgan fingerprint density at radius 2 is 1.70 bits per heavy atom. The number of hydrogen-bond donors (Lipinski definition) is 2. The number of amides is 1. The van der Waals surface area contributed by atoms with Crippen molar-refractivity contribution in [1.82, 2.24) is 4.72 Å². The third-order valence-electron chi connectivity index (χ3n) is 4.71. The predicted molar refractivity (Wildman–Crippen MR) is 131 cm³/mol. The normalized spacial score (nSPS) is 11.2. The standard InChI is InChI=1S/C24H25BrN2O5S/c1-31-15-16-32-23-12-7-19(17-22(23)25)24(28)27-20-8-10-21(11-9-20)33(29,30)26-14-13-18-5-3-2-4-6-18/h2-12,17,26H,13-16H2,1H3,(H,27,28). The van der Waals surface area contributed by atoms with Gasteiger partial charge in [-0.3, -0.25) is 4.79 Å². The van der Waals surface area contributed by atoms with E-state index in [0.29, 0.717) is 47.7 Å². The van der Waals surface area contributed by atoms with Gasteiger partial charge in [-0.15, -0.1) is 0 Å². The van der Waals surface area contributed by atoms with Gasteiger partial charge in [0.25, 0.3) is 5.91 Å². The summed E-state index contributed by atoms with van der Waals surface area (Å²) >= 11 is 3.40. The van der Waals surface area contributed by atoms with Gasteiger partial charge in [0.05, 0.1) is 16.0 Å². The van der Waals surface area contributed by atoms with Crippen molar-refractivity contribution in [2.24, 2.45) is 0 Å². The number of benzene rings is 3. The molecule has 0 radical (unpaired) electrons. The molecular weight excluding hydrogens is 508 g/mol. The van der Waals surface area contributed by atoms with Crippen molar-refractivity contribution >= 4 is 37.5 Å². The Morgan fingerprint density at radius 3 is 2.36 bits per heavy atom. The first-order valence-electron chi connectivity index (χ1n) is 10.3. The highest BCUT2D eigenvalue weighted by Gasteiger charge is 2.14. The van der Waals surface area contributed by atoms with E-state index >= 15 is 0 Å². The van der Waals surface area contributed by atoms with Crippen LogP contribution in [0.3, 0.4) is 0 Å². The van der Waals surface area contributed by atoms with Crippen LogP contribution in [0.4, 0.5) is 5.69 Å². The van der Waals surface area contributed by atoms with Crippen molar-refractivity contribution in [1.29, 1.82) is 0 Å². The summed E-state index contributed by atoms with van der Waals surface area (Å²) in [6.07, 6.45) is 0.597. The minimum atomic E-state index is -3.64. The molecule has 0 atom stereocenters. The molecule has 0 bridgehead atoms. The molecule has 0 spiro atoms. The van der Waals surface area contributed by atoms with Gasteiger partial charge in [0.2, 0.25) is 10.0 Å². The van der Waals surface area contributed by atoms with Crippen LogP contribution in [0.5, 0.6) is 5.75 Å². The predicted octanol–water partition coefficient (Wildman–Crippen LogP) is 4.25. The monoisotopic (exact) mass is 532 g/mol. The highest BCUT2D eigenvalue weighted by Crippen LogP contribution is 2.26. The fourth-order valence-corrected chi connectivity index (χ4v) is 4.50. The third-order valence-corrected chi connectivity index (χ3v) is 6.81. The minimum absolute atomic E-state index is 0.133. The second-order valence-electron chi connectivity index (χ2n) is 7.10. The number of methoxy groups -OCH3 is 1. The number of halogens is 1. The molecule has 0 aliphatic carbocycles. The van der Waals surface area contributed by atoms with Crippen molar-refractivity contribution in [2.75, 3.05) is 32.2 Å². The molecule has 2 N–H and O–H groups in total. The third kappa shape index (κ3) is 7.40. The number of hydrogen-bond acceptors (Lipinski definition) is 5. The van der Waals surface area contributed by atoms with Crippen LogP contribution in [0.15, 0.2) is 82.2 Å². The molecule has 33 heavy (non-hydrogen) atoms. The van der Waals surface area contributed by atoms with Crippen molar-refractivity contribution in [3.63, 3.8) is 0 Å². The molecule has 0 aliphatic rings. The Kier molecular flexibility index (Phi) is 9.02. The topological polar surface area (TPSA) is 93.7 Å². The second-order valence-corrected chi connectivity index (χ2v) is 9.72. The molecule has 0 unspecified atom stereocenters. The number of anilines is 1. The van der Waals surface area contributed by atoms with Crippen molar-refractivity contribution < 1.29 is 22.7 Å². The molecule has 0 saturated carbocycles. The lowest BCUT2D eigenvalue weighted by molar-refractivity contribution is 0.102. The summed E-state index contributed by atoms with van der Waals surface area (Å²) in [7, 11) is -2.05. The largest absolute Gasteiger partial charge is 0.490 e. The quantitative estimate of drug-likeness (QED) is 0.360. The lowest BCUT2D eigenvalue weighted by atomic mass is 10.2. The van der Waals surface area contributed by atoms with Gasteiger partial charge in [0.1, 0.15) is 12.4 Å². The van der Waals surface area contributed by atoms with Gasteiger partial charge in [0, 0.05) is 24.9 Å². The fourth-order valence-electron chi connectivity index (χ4n) is 2.97. The molecular formula is C24H25BrN2O5S. The summed E-state index contributed by atoms with van der Waals surface area (Å²) in [5, 5.41) is 2.76. The van der Waals surface area contributed by atoms with Gasteiger partial charge in [-0.25, -0.2) is 13.1 Å². The van der Waals surface area contributed by atoms with E-state index in [1.54, 1.807) is 37.4 Å². The Morgan fingerprint density at radius 1 is 0.970 bits per heavy atom. The summed E-state index contributed by atoms with van der Waals surface area (Å²) < 4.78 is 38.8. The van der Waals surface area contributed by atoms with E-state index in [0.717, 1.165) is 5.56 Å². The maximum Gasteiger partial charge on any atom is 0.255 e. The van der Waals surface area contributed by atoms with Crippen LogP contribution < -0.4 is 14.8 Å². The summed E-state index contributed by atoms with van der Waals surface area (Å²) in [5.41, 5.74) is 1.97. The Labute approximate surface area is 202 Å². The van der Waals surface area contributed by atoms with E-state index in [1.807, 2.05) is 30.3 Å². The molecule has 9 heteroatoms. The maximum absolute atomic E-state index is 12.6. The van der Waals surface area contributed by atoms with E-state index in [1.165, 1.54) is 12.1 Å². The summed E-state index contributed by atoms with van der Waals surface area (Å²) in [6.45, 7) is 1.16. The van der Waals surface area contributed by atoms with Crippen LogP contribution in [-0.2, 0) is 21.2 Å². The second kappa shape index (κ2) is 11.9. The highest BCUT2D eigenvalue weighted by molar-refractivity contribution is 9.10. The zero-order valence-corrected chi connectivity index (χ0v) is 20.5. The summed E-state index contributed by atoms with van der Waals surface area (Å²) in [5.74, 6) is 0.286. The van der Waals surface area contributed by atoms with E-state index < -0.39 is 10.0 Å². The van der Waals surface area contributed by atoms with Crippen molar-refractivity contribution in [3.8, 4) is 5.75 Å². The first-order chi connectivity index (χ1) is 15.9. The minimum Gasteiger partial charge on any atom is -0.490 e. The van der Waals surface area contributed by atoms with Gasteiger partial charge in [-0.1, -0.05) is 30.3 Å². The molecule has 174 valence electrons. The van der Waals surface area contributed by atoms with Crippen LogP contribution in [0.25, 0.3) is 0 Å². The first-order valence-corrected chi connectivity index (χ1v) is 12.5. The zero-order valence-electron chi connectivity index (χ0n) is 18.1. The molecule has 0 saturated heterocycles. The van der Waals surface area contributed by atoms with Crippen molar-refractivity contribution in [3.05, 3.63) is 88.4 Å². The number of ether oxygens (including phenoxy) is 2. The van der Waals surface area contributed by atoms with Gasteiger partial charge in [-0.2, -0.15) is 0 Å². The molecule has 7 nitrogen and oxygen atoms in total. The maximum atomic E-state index is 12.6. The highest BCUT2D eigenvalue weighted by atomic mass is 79.9. The summed E-state index contributed by atoms with van der Waals surface area (Å²) in [6, 6.07) is 20.7. The molecule has 0 aliphatic heterocycles. The Bertz CT molecular complexity index is 1170. The first kappa shape index (κ1) is 24.9. The molecule has 0 heterocycles. The van der Waals surface area contributed by atoms with Crippen LogP contribution in [-0.4, -0.2) is 41.2 Å². The van der Waals surface area contributed by atoms with Crippen LogP contribution in [0.2, 0.25) is 0 Å². The molecule has 0 aromatic heterocycles. The molecule has 3 aromatic carbocycles. The average Bonchev–Trinajstić information content (AvgIpc) is 2.81. The number of sulfonamides is 1. The van der Waals surface area contributed by atoms with E-state index in [4.69, 9.17) is 9.47 Å². The number of rotatable bonds is 11. The van der Waals surface area contributed by atoms with Crippen molar-refractivity contribution in [2.45, 2.75) is 11.3 Å². The van der Waals surface area contributed by atoms with E-state index in [9.17, 15) is 13.2 Å². The number of carbonyl (C=O) groups excluding carboxylic acids is 1. The molecule has 0 fully saturated rings. The van der Waals surface area contributed by atoms with Gasteiger partial charge in [-0.05, 0) is 70.4 Å². The molecule has 1 amide bonds. The lowest BCUT2D eigenvalue weighted by Gasteiger charge is -2.11. The smallest absolute Gasteiger partial charge is 0.255 e. The molecule has 3 aromatic rings. The van der Waals surface area contributed by atoms with E-state index in [2.05, 4.69) is 26.0 Å².